The van der Waals surface area contributed by atoms with Crippen molar-refractivity contribution < 1.29 is 18.9 Å². The molecule has 0 fully saturated rings. The molecule has 0 unspecified atom stereocenters. The van der Waals surface area contributed by atoms with Gasteiger partial charge < -0.3 is 9.15 Å². The van der Waals surface area contributed by atoms with Crippen LogP contribution in [0.3, 0.4) is 0 Å². The maximum atomic E-state index is 12.2. The van der Waals surface area contributed by atoms with Gasteiger partial charge in [-0.3, -0.25) is 20.2 Å². The largest absolute Gasteiger partial charge is 0.496 e. The highest BCUT2D eigenvalue weighted by atomic mass is 16.6. The number of nitrogens with zero attached hydrogens (tertiary/aromatic N) is 3. The van der Waals surface area contributed by atoms with Crippen molar-refractivity contribution in [3.8, 4) is 17.2 Å². The first-order valence-corrected chi connectivity index (χ1v) is 7.12. The van der Waals surface area contributed by atoms with Crippen molar-refractivity contribution in [3.63, 3.8) is 0 Å². The summed E-state index contributed by atoms with van der Waals surface area (Å²) in [5.74, 6) is -0.0411. The van der Waals surface area contributed by atoms with Crippen LogP contribution in [0.15, 0.2) is 52.9 Å². The maximum Gasteiger partial charge on any atom is 0.322 e. The van der Waals surface area contributed by atoms with Crippen LogP contribution in [-0.4, -0.2) is 28.1 Å². The minimum absolute atomic E-state index is 0.107. The van der Waals surface area contributed by atoms with Crippen LogP contribution < -0.4 is 10.1 Å². The summed E-state index contributed by atoms with van der Waals surface area (Å²) in [4.78, 5) is 22.6. The topological polar surface area (TPSA) is 120 Å². The van der Waals surface area contributed by atoms with E-state index in [-0.39, 0.29) is 23.2 Å². The van der Waals surface area contributed by atoms with Crippen LogP contribution in [0.25, 0.3) is 11.5 Å². The number of rotatable bonds is 5. The lowest BCUT2D eigenvalue weighted by molar-refractivity contribution is -0.385. The molecule has 0 spiro atoms. The van der Waals surface area contributed by atoms with Crippen LogP contribution in [0.1, 0.15) is 10.4 Å². The van der Waals surface area contributed by atoms with E-state index >= 15 is 0 Å². The number of ether oxygens (including phenoxy) is 1. The molecule has 9 heteroatoms. The van der Waals surface area contributed by atoms with Gasteiger partial charge in [0.25, 0.3) is 17.5 Å². The Balaban J connectivity index is 1.85. The van der Waals surface area contributed by atoms with Crippen LogP contribution in [0.4, 0.5) is 11.7 Å². The third-order valence-electron chi connectivity index (χ3n) is 3.33. The number of anilines is 1. The highest BCUT2D eigenvalue weighted by Crippen LogP contribution is 2.29. The van der Waals surface area contributed by atoms with E-state index in [1.54, 1.807) is 24.3 Å². The van der Waals surface area contributed by atoms with Gasteiger partial charge in [-0.1, -0.05) is 29.4 Å². The number of para-hydroxylation sites is 2. The molecule has 0 radical (unpaired) electrons. The second-order valence-electron chi connectivity index (χ2n) is 4.84. The Labute approximate surface area is 141 Å². The summed E-state index contributed by atoms with van der Waals surface area (Å²) in [7, 11) is 1.51. The fourth-order valence-corrected chi connectivity index (χ4v) is 2.19. The average molecular weight is 340 g/mol. The lowest BCUT2D eigenvalue weighted by Crippen LogP contribution is -2.14. The Morgan fingerprint density at radius 1 is 1.16 bits per heavy atom. The first-order chi connectivity index (χ1) is 12.1. The molecule has 0 atom stereocenters. The molecule has 126 valence electrons. The minimum atomic E-state index is -0.720. The van der Waals surface area contributed by atoms with Crippen molar-refractivity contribution in [1.29, 1.82) is 0 Å². The fourth-order valence-electron chi connectivity index (χ4n) is 2.19. The summed E-state index contributed by atoms with van der Waals surface area (Å²) < 4.78 is 10.6. The summed E-state index contributed by atoms with van der Waals surface area (Å²) in [6.45, 7) is 0. The molecule has 1 heterocycles. The maximum absolute atomic E-state index is 12.2. The van der Waals surface area contributed by atoms with E-state index in [0.717, 1.165) is 0 Å². The molecule has 1 amide bonds. The van der Waals surface area contributed by atoms with Gasteiger partial charge in [-0.2, -0.15) is 0 Å². The van der Waals surface area contributed by atoms with Gasteiger partial charge in [0, 0.05) is 6.07 Å². The quantitative estimate of drug-likeness (QED) is 0.560. The predicted octanol–water partition coefficient (Wildman–Crippen LogP) is 2.91. The van der Waals surface area contributed by atoms with Gasteiger partial charge in [-0.25, -0.2) is 0 Å². The van der Waals surface area contributed by atoms with Crippen LogP contribution in [0, 0.1) is 10.1 Å². The SMILES string of the molecule is COc1ccccc1-c1nnc(NC(=O)c2ccccc2[N+](=O)[O-])o1. The van der Waals surface area contributed by atoms with Gasteiger partial charge in [-0.15, -0.1) is 5.10 Å². The highest BCUT2D eigenvalue weighted by molar-refractivity contribution is 6.06. The molecular weight excluding hydrogens is 328 g/mol. The van der Waals surface area contributed by atoms with Crippen molar-refractivity contribution in [2.75, 3.05) is 12.4 Å². The van der Waals surface area contributed by atoms with Gasteiger partial charge in [-0.05, 0) is 18.2 Å². The second kappa shape index (κ2) is 6.79. The Hall–Kier alpha value is -3.75. The molecule has 0 saturated heterocycles. The number of carbonyl (C=O) groups is 1. The van der Waals surface area contributed by atoms with Crippen molar-refractivity contribution in [3.05, 3.63) is 64.2 Å². The van der Waals surface area contributed by atoms with Gasteiger partial charge >= 0.3 is 6.01 Å². The summed E-state index contributed by atoms with van der Waals surface area (Å²) in [5, 5.41) is 20.9. The first kappa shape index (κ1) is 16.1. The lowest BCUT2D eigenvalue weighted by atomic mass is 10.1. The number of aromatic nitrogens is 2. The Morgan fingerprint density at radius 3 is 2.64 bits per heavy atom. The van der Waals surface area contributed by atoms with Crippen LogP contribution in [-0.2, 0) is 0 Å². The van der Waals surface area contributed by atoms with E-state index in [0.29, 0.717) is 11.3 Å². The summed E-state index contributed by atoms with van der Waals surface area (Å²) in [6.07, 6.45) is 0. The normalized spacial score (nSPS) is 10.3. The number of hydrogen-bond donors (Lipinski definition) is 1. The zero-order chi connectivity index (χ0) is 17.8. The summed E-state index contributed by atoms with van der Waals surface area (Å²) in [6, 6.07) is 12.4. The van der Waals surface area contributed by atoms with E-state index < -0.39 is 10.8 Å². The standard InChI is InChI=1S/C16H12N4O5/c1-24-13-9-5-3-7-11(13)15-18-19-16(25-15)17-14(21)10-6-2-4-8-12(10)20(22)23/h2-9H,1H3,(H,17,19,21). The Kier molecular flexibility index (Phi) is 4.38. The average Bonchev–Trinajstić information content (AvgIpc) is 3.09. The molecule has 0 saturated carbocycles. The molecule has 9 nitrogen and oxygen atoms in total. The summed E-state index contributed by atoms with van der Waals surface area (Å²) >= 11 is 0. The molecule has 0 aliphatic heterocycles. The predicted molar refractivity (Wildman–Crippen MR) is 87.3 cm³/mol. The van der Waals surface area contributed by atoms with Crippen LogP contribution in [0.5, 0.6) is 5.75 Å². The van der Waals surface area contributed by atoms with E-state index in [9.17, 15) is 14.9 Å². The molecule has 3 aromatic rings. The number of benzene rings is 2. The summed E-state index contributed by atoms with van der Waals surface area (Å²) in [5.41, 5.74) is 0.137. The molecular formula is C16H12N4O5. The van der Waals surface area contributed by atoms with Crippen molar-refractivity contribution >= 4 is 17.6 Å². The van der Waals surface area contributed by atoms with E-state index in [2.05, 4.69) is 15.5 Å². The molecule has 0 aliphatic rings. The number of amides is 1. The Morgan fingerprint density at radius 2 is 1.88 bits per heavy atom. The molecule has 1 N–H and O–H groups in total. The van der Waals surface area contributed by atoms with Crippen molar-refractivity contribution in [2.45, 2.75) is 0 Å². The third-order valence-corrected chi connectivity index (χ3v) is 3.33. The minimum Gasteiger partial charge on any atom is -0.496 e. The lowest BCUT2D eigenvalue weighted by Gasteiger charge is -2.03. The number of nitro benzene ring substituents is 1. The van der Waals surface area contributed by atoms with E-state index in [1.165, 1.54) is 31.4 Å². The first-order valence-electron chi connectivity index (χ1n) is 7.12. The molecule has 3 rings (SSSR count). The number of carbonyl (C=O) groups excluding carboxylic acids is 1. The van der Waals surface area contributed by atoms with Crippen molar-refractivity contribution in [2.24, 2.45) is 0 Å². The molecule has 1 aromatic heterocycles. The number of nitro groups is 1. The Bertz CT molecular complexity index is 938. The zero-order valence-corrected chi connectivity index (χ0v) is 13.0. The molecule has 25 heavy (non-hydrogen) atoms. The van der Waals surface area contributed by atoms with Gasteiger partial charge in [0.05, 0.1) is 17.6 Å². The zero-order valence-electron chi connectivity index (χ0n) is 13.0. The fraction of sp³-hybridized carbons (Fsp3) is 0.0625. The smallest absolute Gasteiger partial charge is 0.322 e. The van der Waals surface area contributed by atoms with Crippen LogP contribution >= 0.6 is 0 Å². The molecule has 0 aliphatic carbocycles. The van der Waals surface area contributed by atoms with E-state index in [1.807, 2.05) is 0 Å². The van der Waals surface area contributed by atoms with E-state index in [4.69, 9.17) is 9.15 Å². The molecule has 0 bridgehead atoms. The van der Waals surface area contributed by atoms with Crippen molar-refractivity contribution in [1.82, 2.24) is 10.2 Å². The highest BCUT2D eigenvalue weighted by Gasteiger charge is 2.21. The van der Waals surface area contributed by atoms with Gasteiger partial charge in [0.1, 0.15) is 11.3 Å². The number of methoxy groups -OCH3 is 1. The number of hydrogen-bond acceptors (Lipinski definition) is 7. The third kappa shape index (κ3) is 3.29. The van der Waals surface area contributed by atoms with Gasteiger partial charge in [0.15, 0.2) is 0 Å². The van der Waals surface area contributed by atoms with Crippen LogP contribution in [0.2, 0.25) is 0 Å². The number of nitrogens with one attached hydrogen (secondary N) is 1. The molecule has 2 aromatic carbocycles. The second-order valence-corrected chi connectivity index (χ2v) is 4.84. The monoisotopic (exact) mass is 340 g/mol. The van der Waals surface area contributed by atoms with Gasteiger partial charge in [0.2, 0.25) is 0 Å².